The van der Waals surface area contributed by atoms with Gasteiger partial charge in [0.2, 0.25) is 5.91 Å². The number of amides is 3. The second-order valence-electron chi connectivity index (χ2n) is 9.15. The van der Waals surface area contributed by atoms with Crippen molar-refractivity contribution in [1.82, 2.24) is 5.32 Å². The third-order valence-electron chi connectivity index (χ3n) is 5.97. The van der Waals surface area contributed by atoms with Crippen molar-refractivity contribution in [3.8, 4) is 0 Å². The van der Waals surface area contributed by atoms with Gasteiger partial charge in [0.05, 0.1) is 5.75 Å². The van der Waals surface area contributed by atoms with Crippen molar-refractivity contribution >= 4 is 70.1 Å². The Bertz CT molecular complexity index is 1590. The van der Waals surface area contributed by atoms with Gasteiger partial charge in [-0.1, -0.05) is 59.6 Å². The van der Waals surface area contributed by atoms with Crippen molar-refractivity contribution < 1.29 is 14.4 Å². The average molecular weight is 605 g/mol. The van der Waals surface area contributed by atoms with E-state index in [1.54, 1.807) is 60.7 Å². The minimum absolute atomic E-state index is 0.0320. The number of thioether (sulfide) groups is 1. The molecule has 0 aliphatic carbocycles. The molecular formula is C32H27Cl2N3O3S. The van der Waals surface area contributed by atoms with Crippen LogP contribution in [0.5, 0.6) is 0 Å². The standard InChI is InChI=1S/C32H27Cl2N3O3S/c1-20-11-12-21(2)28(17-20)36-30(38)19-41-24-15-13-23(14-16-24)35-32(40)29(18-25-26(33)9-6-10-27(25)34)37-31(39)22-7-4-3-5-8-22/h3-18H,19H2,1-2H3,(H,35,40)(H,36,38)(H,37,39)/b29-18-. The number of carbonyl (C=O) groups excluding carboxylic acids is 3. The van der Waals surface area contributed by atoms with Crippen LogP contribution in [0.15, 0.2) is 102 Å². The summed E-state index contributed by atoms with van der Waals surface area (Å²) in [5.74, 6) is -0.890. The first-order valence-electron chi connectivity index (χ1n) is 12.6. The SMILES string of the molecule is Cc1ccc(C)c(NC(=O)CSc2ccc(NC(=O)/C(=C/c3c(Cl)cccc3Cl)NC(=O)c3ccccc3)cc2)c1. The molecule has 0 radical (unpaired) electrons. The number of benzene rings is 4. The maximum absolute atomic E-state index is 13.3. The highest BCUT2D eigenvalue weighted by molar-refractivity contribution is 8.00. The van der Waals surface area contributed by atoms with Crippen LogP contribution in [-0.2, 0) is 9.59 Å². The minimum Gasteiger partial charge on any atom is -0.325 e. The first-order valence-corrected chi connectivity index (χ1v) is 14.4. The molecule has 3 amide bonds. The van der Waals surface area contributed by atoms with Crippen LogP contribution in [0, 0.1) is 13.8 Å². The lowest BCUT2D eigenvalue weighted by molar-refractivity contribution is -0.114. The largest absolute Gasteiger partial charge is 0.325 e. The zero-order valence-electron chi connectivity index (χ0n) is 22.3. The van der Waals surface area contributed by atoms with Crippen molar-refractivity contribution in [3.05, 3.63) is 129 Å². The summed E-state index contributed by atoms with van der Waals surface area (Å²) in [6.07, 6.45) is 1.44. The summed E-state index contributed by atoms with van der Waals surface area (Å²) < 4.78 is 0. The van der Waals surface area contributed by atoms with Gasteiger partial charge in [0, 0.05) is 37.4 Å². The second-order valence-corrected chi connectivity index (χ2v) is 11.0. The van der Waals surface area contributed by atoms with E-state index in [1.165, 1.54) is 17.8 Å². The second kappa shape index (κ2) is 14.0. The molecule has 0 unspecified atom stereocenters. The van der Waals surface area contributed by atoms with Crippen molar-refractivity contribution in [1.29, 1.82) is 0 Å². The number of anilines is 2. The lowest BCUT2D eigenvalue weighted by atomic mass is 10.1. The summed E-state index contributed by atoms with van der Waals surface area (Å²) in [6.45, 7) is 3.93. The van der Waals surface area contributed by atoms with E-state index in [4.69, 9.17) is 23.2 Å². The van der Waals surface area contributed by atoms with E-state index < -0.39 is 11.8 Å². The Balaban J connectivity index is 1.44. The predicted octanol–water partition coefficient (Wildman–Crippen LogP) is 7.75. The van der Waals surface area contributed by atoms with Crippen LogP contribution >= 0.6 is 35.0 Å². The number of nitrogens with one attached hydrogen (secondary N) is 3. The first-order chi connectivity index (χ1) is 19.7. The van der Waals surface area contributed by atoms with Crippen molar-refractivity contribution in [2.75, 3.05) is 16.4 Å². The van der Waals surface area contributed by atoms with Crippen LogP contribution < -0.4 is 16.0 Å². The van der Waals surface area contributed by atoms with Gasteiger partial charge in [-0.05, 0) is 85.6 Å². The van der Waals surface area contributed by atoms with Gasteiger partial charge in [-0.3, -0.25) is 14.4 Å². The molecule has 0 heterocycles. The smallest absolute Gasteiger partial charge is 0.272 e. The molecule has 0 saturated heterocycles. The fourth-order valence-corrected chi connectivity index (χ4v) is 4.98. The lowest BCUT2D eigenvalue weighted by Crippen LogP contribution is -2.30. The Morgan fingerprint density at radius 2 is 1.49 bits per heavy atom. The molecule has 4 aromatic carbocycles. The topological polar surface area (TPSA) is 87.3 Å². The van der Waals surface area contributed by atoms with Gasteiger partial charge in [0.25, 0.3) is 11.8 Å². The Labute approximate surface area is 253 Å². The molecule has 0 aliphatic heterocycles. The van der Waals surface area contributed by atoms with Crippen LogP contribution in [-0.4, -0.2) is 23.5 Å². The third-order valence-corrected chi connectivity index (χ3v) is 7.64. The summed E-state index contributed by atoms with van der Waals surface area (Å²) in [7, 11) is 0. The van der Waals surface area contributed by atoms with Gasteiger partial charge in [0.15, 0.2) is 0 Å². The van der Waals surface area contributed by atoms with Crippen molar-refractivity contribution in [2.45, 2.75) is 18.7 Å². The lowest BCUT2D eigenvalue weighted by Gasteiger charge is -2.13. The van der Waals surface area contributed by atoms with Gasteiger partial charge in [-0.2, -0.15) is 0 Å². The summed E-state index contributed by atoms with van der Waals surface area (Å²) in [6, 6.07) is 26.5. The van der Waals surface area contributed by atoms with Crippen LogP contribution in [0.3, 0.4) is 0 Å². The maximum atomic E-state index is 13.3. The van der Waals surface area contributed by atoms with E-state index in [0.29, 0.717) is 26.9 Å². The van der Waals surface area contributed by atoms with Gasteiger partial charge in [-0.15, -0.1) is 11.8 Å². The molecule has 4 aromatic rings. The molecule has 0 aliphatic rings. The highest BCUT2D eigenvalue weighted by atomic mass is 35.5. The molecule has 6 nitrogen and oxygen atoms in total. The highest BCUT2D eigenvalue weighted by Gasteiger charge is 2.17. The first kappa shape index (κ1) is 29.9. The average Bonchev–Trinajstić information content (AvgIpc) is 2.96. The van der Waals surface area contributed by atoms with Crippen LogP contribution in [0.4, 0.5) is 11.4 Å². The van der Waals surface area contributed by atoms with Crippen LogP contribution in [0.1, 0.15) is 27.0 Å². The normalized spacial score (nSPS) is 11.1. The Kier molecular flexibility index (Phi) is 10.2. The Hall–Kier alpha value is -4.04. The summed E-state index contributed by atoms with van der Waals surface area (Å²) in [4.78, 5) is 39.5. The molecule has 0 aromatic heterocycles. The van der Waals surface area contributed by atoms with Crippen LogP contribution in [0.2, 0.25) is 10.0 Å². The van der Waals surface area contributed by atoms with E-state index >= 15 is 0 Å². The van der Waals surface area contributed by atoms with E-state index in [0.717, 1.165) is 21.7 Å². The van der Waals surface area contributed by atoms with Gasteiger partial charge in [0.1, 0.15) is 5.70 Å². The quantitative estimate of drug-likeness (QED) is 0.135. The molecular weight excluding hydrogens is 577 g/mol. The van der Waals surface area contributed by atoms with Gasteiger partial charge < -0.3 is 16.0 Å². The van der Waals surface area contributed by atoms with Crippen molar-refractivity contribution in [3.63, 3.8) is 0 Å². The molecule has 0 spiro atoms. The van der Waals surface area contributed by atoms with Crippen molar-refractivity contribution in [2.24, 2.45) is 0 Å². The molecule has 208 valence electrons. The van der Waals surface area contributed by atoms with E-state index in [-0.39, 0.29) is 17.4 Å². The molecule has 3 N–H and O–H groups in total. The summed E-state index contributed by atoms with van der Waals surface area (Å²) >= 11 is 14.0. The number of halogens is 2. The molecule has 0 saturated carbocycles. The molecule has 9 heteroatoms. The number of hydrogen-bond acceptors (Lipinski definition) is 4. The predicted molar refractivity (Wildman–Crippen MR) is 169 cm³/mol. The zero-order chi connectivity index (χ0) is 29.4. The highest BCUT2D eigenvalue weighted by Crippen LogP contribution is 2.27. The molecule has 0 bridgehead atoms. The van der Waals surface area contributed by atoms with Crippen LogP contribution in [0.25, 0.3) is 6.08 Å². The Morgan fingerprint density at radius 3 is 2.17 bits per heavy atom. The van der Waals surface area contributed by atoms with Gasteiger partial charge in [-0.25, -0.2) is 0 Å². The number of carbonyl (C=O) groups is 3. The van der Waals surface area contributed by atoms with E-state index in [2.05, 4.69) is 16.0 Å². The van der Waals surface area contributed by atoms with E-state index in [9.17, 15) is 14.4 Å². The molecule has 0 atom stereocenters. The van der Waals surface area contributed by atoms with E-state index in [1.807, 2.05) is 44.2 Å². The monoisotopic (exact) mass is 603 g/mol. The number of aryl methyl sites for hydroxylation is 2. The molecule has 41 heavy (non-hydrogen) atoms. The number of rotatable bonds is 9. The third kappa shape index (κ3) is 8.47. The minimum atomic E-state index is -0.557. The summed E-state index contributed by atoms with van der Waals surface area (Å²) in [5, 5.41) is 9.09. The fraction of sp³-hybridized carbons (Fsp3) is 0.0938. The fourth-order valence-electron chi connectivity index (χ4n) is 3.77. The maximum Gasteiger partial charge on any atom is 0.272 e. The zero-order valence-corrected chi connectivity index (χ0v) is 24.7. The van der Waals surface area contributed by atoms with Gasteiger partial charge >= 0.3 is 0 Å². The Morgan fingerprint density at radius 1 is 0.805 bits per heavy atom. The summed E-state index contributed by atoms with van der Waals surface area (Å²) in [5.41, 5.74) is 4.14. The molecule has 0 fully saturated rings. The molecule has 4 rings (SSSR count). The number of hydrogen-bond donors (Lipinski definition) is 3.